The van der Waals surface area contributed by atoms with Crippen LogP contribution in [0.3, 0.4) is 0 Å². The zero-order chi connectivity index (χ0) is 13.6. The van der Waals surface area contributed by atoms with Crippen LogP contribution in [0.25, 0.3) is 0 Å². The number of carbonyl (C=O) groups is 1. The van der Waals surface area contributed by atoms with E-state index in [0.29, 0.717) is 5.92 Å². The molecule has 2 nitrogen and oxygen atoms in total. The van der Waals surface area contributed by atoms with Gasteiger partial charge in [0.1, 0.15) is 0 Å². The molecule has 1 atom stereocenters. The number of ether oxygens (including phenoxy) is 1. The first-order valence-corrected chi connectivity index (χ1v) is 7.50. The van der Waals surface area contributed by atoms with E-state index < -0.39 is 0 Å². The van der Waals surface area contributed by atoms with E-state index in [1.54, 1.807) is 6.08 Å². The van der Waals surface area contributed by atoms with E-state index in [0.717, 1.165) is 0 Å². The van der Waals surface area contributed by atoms with Crippen molar-refractivity contribution in [2.75, 3.05) is 7.11 Å². The van der Waals surface area contributed by atoms with E-state index in [1.165, 1.54) is 64.9 Å². The van der Waals surface area contributed by atoms with Crippen molar-refractivity contribution < 1.29 is 9.53 Å². The Labute approximate surface area is 113 Å². The molecule has 0 aliphatic heterocycles. The quantitative estimate of drug-likeness (QED) is 0.298. The third kappa shape index (κ3) is 10.4. The first kappa shape index (κ1) is 17.2. The van der Waals surface area contributed by atoms with Crippen LogP contribution in [0.2, 0.25) is 0 Å². The maximum Gasteiger partial charge on any atom is 0.330 e. The molecule has 106 valence electrons. The van der Waals surface area contributed by atoms with E-state index in [2.05, 4.69) is 18.6 Å². The second kappa shape index (κ2) is 12.7. The monoisotopic (exact) mass is 254 g/mol. The number of carbonyl (C=O) groups excluding carboxylic acids is 1. The molecule has 0 aliphatic rings. The minimum Gasteiger partial charge on any atom is -0.466 e. The average molecular weight is 254 g/mol. The smallest absolute Gasteiger partial charge is 0.330 e. The summed E-state index contributed by atoms with van der Waals surface area (Å²) in [6, 6.07) is 0. The Hall–Kier alpha value is -0.790. The van der Waals surface area contributed by atoms with Gasteiger partial charge < -0.3 is 4.74 Å². The summed E-state index contributed by atoms with van der Waals surface area (Å²) < 4.78 is 4.64. The number of hydrogen-bond donors (Lipinski definition) is 0. The van der Waals surface area contributed by atoms with Crippen LogP contribution < -0.4 is 0 Å². The molecule has 0 aliphatic carbocycles. The van der Waals surface area contributed by atoms with Crippen molar-refractivity contribution in [3.8, 4) is 0 Å². The summed E-state index contributed by atoms with van der Waals surface area (Å²) in [4.78, 5) is 11.1. The largest absolute Gasteiger partial charge is 0.466 e. The molecular formula is C16H30O2. The van der Waals surface area contributed by atoms with Crippen molar-refractivity contribution >= 4 is 5.97 Å². The highest BCUT2D eigenvalue weighted by molar-refractivity contribution is 5.81. The van der Waals surface area contributed by atoms with Crippen LogP contribution in [0.15, 0.2) is 12.2 Å². The maximum absolute atomic E-state index is 11.1. The molecular weight excluding hydrogens is 224 g/mol. The van der Waals surface area contributed by atoms with Crippen LogP contribution in [0.1, 0.15) is 71.6 Å². The molecule has 0 fully saturated rings. The SMILES string of the molecule is CCCCCCCC(C=CC(=O)OC)CCCC. The average Bonchev–Trinajstić information content (AvgIpc) is 2.40. The molecule has 0 heterocycles. The summed E-state index contributed by atoms with van der Waals surface area (Å²) >= 11 is 0. The Balaban J connectivity index is 3.90. The highest BCUT2D eigenvalue weighted by atomic mass is 16.5. The Kier molecular flexibility index (Phi) is 12.1. The summed E-state index contributed by atoms with van der Waals surface area (Å²) in [5.41, 5.74) is 0. The Morgan fingerprint density at radius 2 is 1.61 bits per heavy atom. The number of esters is 1. The van der Waals surface area contributed by atoms with Crippen molar-refractivity contribution in [1.82, 2.24) is 0 Å². The van der Waals surface area contributed by atoms with Gasteiger partial charge in [-0.3, -0.25) is 0 Å². The van der Waals surface area contributed by atoms with E-state index in [-0.39, 0.29) is 5.97 Å². The van der Waals surface area contributed by atoms with Crippen LogP contribution >= 0.6 is 0 Å². The second-order valence-corrected chi connectivity index (χ2v) is 4.99. The first-order chi connectivity index (χ1) is 8.74. The predicted molar refractivity (Wildman–Crippen MR) is 77.5 cm³/mol. The molecule has 0 spiro atoms. The molecule has 0 radical (unpaired) electrons. The Bertz CT molecular complexity index is 221. The van der Waals surface area contributed by atoms with Gasteiger partial charge >= 0.3 is 5.97 Å². The Morgan fingerprint density at radius 3 is 2.22 bits per heavy atom. The minimum absolute atomic E-state index is 0.234. The molecule has 0 rings (SSSR count). The van der Waals surface area contributed by atoms with Crippen molar-refractivity contribution in [1.29, 1.82) is 0 Å². The van der Waals surface area contributed by atoms with E-state index in [4.69, 9.17) is 0 Å². The lowest BCUT2D eigenvalue weighted by Gasteiger charge is -2.11. The number of rotatable bonds is 11. The van der Waals surface area contributed by atoms with Gasteiger partial charge in [0, 0.05) is 6.08 Å². The van der Waals surface area contributed by atoms with Gasteiger partial charge in [0.2, 0.25) is 0 Å². The highest BCUT2D eigenvalue weighted by Gasteiger charge is 2.05. The molecule has 1 unspecified atom stereocenters. The van der Waals surface area contributed by atoms with Crippen LogP contribution in [0.5, 0.6) is 0 Å². The van der Waals surface area contributed by atoms with Crippen LogP contribution in [0.4, 0.5) is 0 Å². The molecule has 0 bridgehead atoms. The standard InChI is InChI=1S/C16H30O2/c1-4-6-8-9-10-12-15(11-7-5-2)13-14-16(17)18-3/h13-15H,4-12H2,1-3H3. The molecule has 0 N–H and O–H groups in total. The lowest BCUT2D eigenvalue weighted by Crippen LogP contribution is -2.00. The molecule has 18 heavy (non-hydrogen) atoms. The number of unbranched alkanes of at least 4 members (excludes halogenated alkanes) is 5. The zero-order valence-corrected chi connectivity index (χ0v) is 12.4. The molecule has 0 aromatic rings. The van der Waals surface area contributed by atoms with Gasteiger partial charge in [-0.1, -0.05) is 64.9 Å². The first-order valence-electron chi connectivity index (χ1n) is 7.50. The summed E-state index contributed by atoms with van der Waals surface area (Å²) in [6.07, 6.45) is 15.1. The summed E-state index contributed by atoms with van der Waals surface area (Å²) in [5.74, 6) is 0.313. The molecule has 0 saturated carbocycles. The lowest BCUT2D eigenvalue weighted by molar-refractivity contribution is -0.134. The zero-order valence-electron chi connectivity index (χ0n) is 12.4. The molecule has 0 aromatic heterocycles. The third-order valence-electron chi connectivity index (χ3n) is 3.31. The van der Waals surface area contributed by atoms with E-state index in [9.17, 15) is 4.79 Å². The van der Waals surface area contributed by atoms with Gasteiger partial charge in [-0.25, -0.2) is 4.79 Å². The topological polar surface area (TPSA) is 26.3 Å². The van der Waals surface area contributed by atoms with E-state index in [1.807, 2.05) is 6.08 Å². The van der Waals surface area contributed by atoms with Crippen LogP contribution in [-0.4, -0.2) is 13.1 Å². The third-order valence-corrected chi connectivity index (χ3v) is 3.31. The Morgan fingerprint density at radius 1 is 1.00 bits per heavy atom. The number of hydrogen-bond acceptors (Lipinski definition) is 2. The fraction of sp³-hybridized carbons (Fsp3) is 0.812. The van der Waals surface area contributed by atoms with Gasteiger partial charge in [-0.15, -0.1) is 0 Å². The van der Waals surface area contributed by atoms with Gasteiger partial charge in [-0.05, 0) is 18.8 Å². The predicted octanol–water partition coefficient (Wildman–Crippen LogP) is 4.88. The van der Waals surface area contributed by atoms with Crippen LogP contribution in [-0.2, 0) is 9.53 Å². The molecule has 0 saturated heterocycles. The van der Waals surface area contributed by atoms with Gasteiger partial charge in [-0.2, -0.15) is 0 Å². The van der Waals surface area contributed by atoms with Gasteiger partial charge in [0.15, 0.2) is 0 Å². The van der Waals surface area contributed by atoms with Crippen molar-refractivity contribution in [2.45, 2.75) is 71.6 Å². The summed E-state index contributed by atoms with van der Waals surface area (Å²) in [7, 11) is 1.43. The summed E-state index contributed by atoms with van der Waals surface area (Å²) in [6.45, 7) is 4.45. The highest BCUT2D eigenvalue weighted by Crippen LogP contribution is 2.19. The number of methoxy groups -OCH3 is 1. The number of allylic oxidation sites excluding steroid dienone is 1. The maximum atomic E-state index is 11.1. The lowest BCUT2D eigenvalue weighted by atomic mass is 9.94. The normalized spacial score (nSPS) is 12.8. The van der Waals surface area contributed by atoms with Crippen molar-refractivity contribution in [3.63, 3.8) is 0 Å². The van der Waals surface area contributed by atoms with Crippen molar-refractivity contribution in [3.05, 3.63) is 12.2 Å². The molecule has 2 heteroatoms. The van der Waals surface area contributed by atoms with Gasteiger partial charge in [0.25, 0.3) is 0 Å². The fourth-order valence-electron chi connectivity index (χ4n) is 2.10. The summed E-state index contributed by atoms with van der Waals surface area (Å²) in [5, 5.41) is 0. The fourth-order valence-corrected chi connectivity index (χ4v) is 2.10. The van der Waals surface area contributed by atoms with Crippen molar-refractivity contribution in [2.24, 2.45) is 5.92 Å². The van der Waals surface area contributed by atoms with E-state index >= 15 is 0 Å². The molecule has 0 amide bonds. The minimum atomic E-state index is -0.234. The molecule has 0 aromatic carbocycles. The van der Waals surface area contributed by atoms with Crippen LogP contribution in [0, 0.1) is 5.92 Å². The van der Waals surface area contributed by atoms with Gasteiger partial charge in [0.05, 0.1) is 7.11 Å². The second-order valence-electron chi connectivity index (χ2n) is 4.99.